The van der Waals surface area contributed by atoms with Crippen LogP contribution >= 0.6 is 0 Å². The molecule has 0 bridgehead atoms. The van der Waals surface area contributed by atoms with E-state index in [9.17, 15) is 19.2 Å². The Hall–Kier alpha value is -3.68. The molecule has 0 fully saturated rings. The predicted octanol–water partition coefficient (Wildman–Crippen LogP) is 17.0. The fourth-order valence-electron chi connectivity index (χ4n) is 8.61. The molecule has 0 amide bonds. The first-order chi connectivity index (χ1) is 32.3. The van der Waals surface area contributed by atoms with Gasteiger partial charge in [0.15, 0.2) is 0 Å². The third kappa shape index (κ3) is 25.5. The molecular formula is C58H94O8. The van der Waals surface area contributed by atoms with Gasteiger partial charge in [-0.05, 0) is 67.5 Å². The van der Waals surface area contributed by atoms with Gasteiger partial charge < -0.3 is 18.9 Å². The molecule has 0 aliphatic rings. The van der Waals surface area contributed by atoms with E-state index in [4.69, 9.17) is 18.9 Å². The molecule has 0 heterocycles. The molecule has 8 nitrogen and oxygen atoms in total. The van der Waals surface area contributed by atoms with Gasteiger partial charge in [0.05, 0.1) is 49.0 Å². The second-order valence-electron chi connectivity index (χ2n) is 18.7. The first-order valence-corrected chi connectivity index (χ1v) is 27.3. The van der Waals surface area contributed by atoms with Crippen LogP contribution in [-0.4, -0.2) is 50.3 Å². The summed E-state index contributed by atoms with van der Waals surface area (Å²) in [4.78, 5) is 55.3. The number of ether oxygens (including phenoxy) is 4. The normalized spacial score (nSPS) is 11.7. The zero-order valence-electron chi connectivity index (χ0n) is 42.8. The van der Waals surface area contributed by atoms with Crippen molar-refractivity contribution in [2.75, 3.05) is 26.4 Å². The number of unbranched alkanes of at least 4 members (excludes halogenated alkanes) is 28. The Labute approximate surface area is 402 Å². The largest absolute Gasteiger partial charge is 0.465 e. The van der Waals surface area contributed by atoms with Crippen LogP contribution in [0.25, 0.3) is 11.1 Å². The topological polar surface area (TPSA) is 105 Å². The molecule has 2 aromatic carbocycles. The standard InChI is InChI=1S/C58H94O8/c1-6-10-14-18-22-26-30-34-43-63-55(59)48(5)54-50(39-38-40-52(54)57(61)65-45-36-32-28-24-20-16-12-8-3)49-41-42-51(56(60)64-44-35-31-27-23-19-15-11-7-2)53(47-49)58(62)66-46-37-33-29-25-21-17-13-9-4/h38-42,47-48H,6-37,43-46H2,1-5H3. The lowest BCUT2D eigenvalue weighted by Gasteiger charge is -2.20. The van der Waals surface area contributed by atoms with Crippen molar-refractivity contribution in [1.29, 1.82) is 0 Å². The van der Waals surface area contributed by atoms with Crippen LogP contribution in [0, 0.1) is 0 Å². The van der Waals surface area contributed by atoms with Gasteiger partial charge in [-0.3, -0.25) is 4.79 Å². The molecule has 0 saturated carbocycles. The first-order valence-electron chi connectivity index (χ1n) is 27.3. The number of rotatable bonds is 42. The molecule has 0 aromatic heterocycles. The molecule has 0 aliphatic heterocycles. The highest BCUT2D eigenvalue weighted by atomic mass is 16.5. The Morgan fingerprint density at radius 1 is 0.379 bits per heavy atom. The van der Waals surface area contributed by atoms with Crippen LogP contribution in [0.3, 0.4) is 0 Å². The van der Waals surface area contributed by atoms with E-state index in [-0.39, 0.29) is 29.9 Å². The van der Waals surface area contributed by atoms with E-state index in [1.54, 1.807) is 37.3 Å². The quantitative estimate of drug-likeness (QED) is 0.0368. The van der Waals surface area contributed by atoms with E-state index >= 15 is 0 Å². The molecule has 0 aliphatic carbocycles. The summed E-state index contributed by atoms with van der Waals surface area (Å²) in [5, 5.41) is 0. The maximum absolute atomic E-state index is 13.9. The number of benzene rings is 2. The number of hydrogen-bond donors (Lipinski definition) is 0. The van der Waals surface area contributed by atoms with E-state index in [0.717, 1.165) is 77.0 Å². The second-order valence-corrected chi connectivity index (χ2v) is 18.7. The smallest absolute Gasteiger partial charge is 0.339 e. The van der Waals surface area contributed by atoms with Crippen LogP contribution in [0.2, 0.25) is 0 Å². The highest BCUT2D eigenvalue weighted by Gasteiger charge is 2.29. The molecule has 0 N–H and O–H groups in total. The molecular weight excluding hydrogens is 825 g/mol. The van der Waals surface area contributed by atoms with Crippen LogP contribution in [0.4, 0.5) is 0 Å². The summed E-state index contributed by atoms with van der Waals surface area (Å²) < 4.78 is 23.3. The maximum Gasteiger partial charge on any atom is 0.339 e. The highest BCUT2D eigenvalue weighted by molar-refractivity contribution is 6.05. The molecule has 2 aromatic rings. The fraction of sp³-hybridized carbons (Fsp3) is 0.724. The van der Waals surface area contributed by atoms with E-state index < -0.39 is 29.8 Å². The zero-order chi connectivity index (χ0) is 47.9. The van der Waals surface area contributed by atoms with Crippen LogP contribution in [0.5, 0.6) is 0 Å². The minimum absolute atomic E-state index is 0.103. The van der Waals surface area contributed by atoms with Crippen molar-refractivity contribution in [3.63, 3.8) is 0 Å². The second kappa shape index (κ2) is 39.3. The Morgan fingerprint density at radius 2 is 0.712 bits per heavy atom. The van der Waals surface area contributed by atoms with Gasteiger partial charge in [0.25, 0.3) is 0 Å². The Kier molecular flexibility index (Phi) is 34.8. The minimum Gasteiger partial charge on any atom is -0.465 e. The summed E-state index contributed by atoms with van der Waals surface area (Å²) >= 11 is 0. The Bertz CT molecular complexity index is 1580. The van der Waals surface area contributed by atoms with Gasteiger partial charge in [-0.15, -0.1) is 0 Å². The van der Waals surface area contributed by atoms with Gasteiger partial charge in [0.2, 0.25) is 0 Å². The lowest BCUT2D eigenvalue weighted by molar-refractivity contribution is -0.145. The van der Waals surface area contributed by atoms with Gasteiger partial charge in [0.1, 0.15) is 0 Å². The van der Waals surface area contributed by atoms with Gasteiger partial charge in [-0.25, -0.2) is 14.4 Å². The monoisotopic (exact) mass is 919 g/mol. The van der Waals surface area contributed by atoms with Crippen molar-refractivity contribution in [2.45, 2.75) is 246 Å². The fourth-order valence-corrected chi connectivity index (χ4v) is 8.61. The summed E-state index contributed by atoms with van der Waals surface area (Å²) in [5.74, 6) is -2.90. The van der Waals surface area contributed by atoms with Crippen molar-refractivity contribution in [3.05, 3.63) is 58.7 Å². The van der Waals surface area contributed by atoms with Crippen LogP contribution in [-0.2, 0) is 23.7 Å². The van der Waals surface area contributed by atoms with Crippen molar-refractivity contribution < 1.29 is 38.1 Å². The Morgan fingerprint density at radius 3 is 1.11 bits per heavy atom. The van der Waals surface area contributed by atoms with Crippen LogP contribution < -0.4 is 0 Å². The van der Waals surface area contributed by atoms with E-state index in [1.807, 2.05) is 6.07 Å². The first kappa shape index (κ1) is 58.4. The van der Waals surface area contributed by atoms with E-state index in [2.05, 4.69) is 27.7 Å². The lowest BCUT2D eigenvalue weighted by atomic mass is 9.86. The minimum atomic E-state index is -0.811. The third-order valence-electron chi connectivity index (χ3n) is 12.8. The number of carbonyl (C=O) groups is 4. The van der Waals surface area contributed by atoms with Crippen molar-refractivity contribution in [1.82, 2.24) is 0 Å². The number of esters is 4. The van der Waals surface area contributed by atoms with Crippen molar-refractivity contribution >= 4 is 23.9 Å². The SMILES string of the molecule is CCCCCCCCCCOC(=O)c1ccc(-c2cccc(C(=O)OCCCCCCCCCC)c2C(C)C(=O)OCCCCCCCCCC)cc1C(=O)OCCCCCCCCCC. The lowest BCUT2D eigenvalue weighted by Crippen LogP contribution is -2.19. The molecule has 1 unspecified atom stereocenters. The summed E-state index contributed by atoms with van der Waals surface area (Å²) in [6.07, 6.45) is 36.0. The molecule has 374 valence electrons. The molecule has 0 spiro atoms. The molecule has 0 radical (unpaired) electrons. The summed E-state index contributed by atoms with van der Waals surface area (Å²) in [6, 6.07) is 10.3. The van der Waals surface area contributed by atoms with Crippen LogP contribution in [0.15, 0.2) is 36.4 Å². The Balaban J connectivity index is 2.35. The summed E-state index contributed by atoms with van der Waals surface area (Å²) in [6.45, 7) is 11.8. The van der Waals surface area contributed by atoms with Crippen LogP contribution in [0.1, 0.15) is 283 Å². The zero-order valence-corrected chi connectivity index (χ0v) is 42.8. The predicted molar refractivity (Wildman–Crippen MR) is 273 cm³/mol. The third-order valence-corrected chi connectivity index (χ3v) is 12.8. The van der Waals surface area contributed by atoms with Gasteiger partial charge in [-0.1, -0.05) is 226 Å². The summed E-state index contributed by atoms with van der Waals surface area (Å²) in [7, 11) is 0. The van der Waals surface area contributed by atoms with E-state index in [1.165, 1.54) is 128 Å². The molecule has 2 rings (SSSR count). The molecule has 66 heavy (non-hydrogen) atoms. The van der Waals surface area contributed by atoms with Crippen molar-refractivity contribution in [3.8, 4) is 11.1 Å². The van der Waals surface area contributed by atoms with Crippen molar-refractivity contribution in [2.24, 2.45) is 0 Å². The number of hydrogen-bond acceptors (Lipinski definition) is 8. The average molecular weight is 919 g/mol. The van der Waals surface area contributed by atoms with Gasteiger partial charge in [0, 0.05) is 0 Å². The maximum atomic E-state index is 13.9. The molecule has 1 atom stereocenters. The molecule has 0 saturated heterocycles. The van der Waals surface area contributed by atoms with Gasteiger partial charge >= 0.3 is 23.9 Å². The molecule has 8 heteroatoms. The summed E-state index contributed by atoms with van der Waals surface area (Å²) in [5.41, 5.74) is 2.16. The average Bonchev–Trinajstić information content (AvgIpc) is 3.33. The van der Waals surface area contributed by atoms with Gasteiger partial charge in [-0.2, -0.15) is 0 Å². The van der Waals surface area contributed by atoms with E-state index in [0.29, 0.717) is 29.9 Å². The number of carbonyl (C=O) groups excluding carboxylic acids is 4. The highest BCUT2D eigenvalue weighted by Crippen LogP contribution is 2.35.